The van der Waals surface area contributed by atoms with E-state index in [0.717, 1.165) is 4.68 Å². The highest BCUT2D eigenvalue weighted by Crippen LogP contribution is 2.24. The molecule has 110 valence electrons. The predicted molar refractivity (Wildman–Crippen MR) is 80.2 cm³/mol. The van der Waals surface area contributed by atoms with Crippen LogP contribution in [0.5, 0.6) is 0 Å². The summed E-state index contributed by atoms with van der Waals surface area (Å²) in [5.74, 6) is -0.504. The Balaban J connectivity index is 2.32. The molecule has 2 rings (SSSR count). The highest BCUT2D eigenvalue weighted by molar-refractivity contribution is 6.33. The number of halogens is 1. The number of hydrogen-bond acceptors (Lipinski definition) is 4. The first-order chi connectivity index (χ1) is 9.97. The third-order valence-electron chi connectivity index (χ3n) is 2.66. The maximum Gasteiger partial charge on any atom is 0.328 e. The molecule has 0 aliphatic heterocycles. The van der Waals surface area contributed by atoms with Crippen molar-refractivity contribution in [3.63, 3.8) is 0 Å². The number of carbonyl (C=O) groups excluding carboxylic acids is 1. The Kier molecular flexibility index (Phi) is 4.75. The summed E-state index contributed by atoms with van der Waals surface area (Å²) in [4.78, 5) is 23.4. The van der Waals surface area contributed by atoms with E-state index in [0.29, 0.717) is 16.3 Å². The standard InChI is InChI=1S/C15H15ClN2O3/c1-10(2)21-15(20)9-18-14(19)8-7-13(17-18)11-5-3-4-6-12(11)16/h3-8,10H,9H2,1-2H3. The van der Waals surface area contributed by atoms with Gasteiger partial charge in [-0.05, 0) is 26.0 Å². The van der Waals surface area contributed by atoms with Crippen molar-refractivity contribution < 1.29 is 9.53 Å². The minimum absolute atomic E-state index is 0.227. The summed E-state index contributed by atoms with van der Waals surface area (Å²) >= 11 is 6.11. The Morgan fingerprint density at radius 3 is 2.67 bits per heavy atom. The van der Waals surface area contributed by atoms with Gasteiger partial charge < -0.3 is 4.74 Å². The number of ether oxygens (including phenoxy) is 1. The molecule has 0 saturated heterocycles. The largest absolute Gasteiger partial charge is 0.462 e. The van der Waals surface area contributed by atoms with Gasteiger partial charge in [0.1, 0.15) is 6.54 Å². The van der Waals surface area contributed by atoms with Gasteiger partial charge >= 0.3 is 5.97 Å². The third-order valence-corrected chi connectivity index (χ3v) is 2.99. The fraction of sp³-hybridized carbons (Fsp3) is 0.267. The summed E-state index contributed by atoms with van der Waals surface area (Å²) in [5, 5.41) is 4.70. The van der Waals surface area contributed by atoms with Crippen molar-refractivity contribution in [2.75, 3.05) is 0 Å². The van der Waals surface area contributed by atoms with E-state index in [1.54, 1.807) is 32.0 Å². The predicted octanol–water partition coefficient (Wildman–Crippen LogP) is 2.52. The van der Waals surface area contributed by atoms with Crippen molar-refractivity contribution in [3.05, 3.63) is 51.8 Å². The molecule has 0 unspecified atom stereocenters. The van der Waals surface area contributed by atoms with Crippen molar-refractivity contribution in [1.82, 2.24) is 9.78 Å². The highest BCUT2D eigenvalue weighted by Gasteiger charge is 2.11. The zero-order valence-corrected chi connectivity index (χ0v) is 12.5. The minimum atomic E-state index is -0.504. The van der Waals surface area contributed by atoms with E-state index in [2.05, 4.69) is 5.10 Å². The van der Waals surface area contributed by atoms with Crippen LogP contribution in [0.1, 0.15) is 13.8 Å². The molecule has 21 heavy (non-hydrogen) atoms. The molecule has 0 radical (unpaired) electrons. The number of nitrogens with zero attached hydrogens (tertiary/aromatic N) is 2. The molecule has 0 aliphatic rings. The Labute approximate surface area is 127 Å². The lowest BCUT2D eigenvalue weighted by Gasteiger charge is -2.10. The summed E-state index contributed by atoms with van der Waals surface area (Å²) in [6.07, 6.45) is -0.236. The van der Waals surface area contributed by atoms with Gasteiger partial charge in [-0.3, -0.25) is 9.59 Å². The van der Waals surface area contributed by atoms with Crippen LogP contribution in [-0.2, 0) is 16.1 Å². The van der Waals surface area contributed by atoms with E-state index in [1.807, 2.05) is 12.1 Å². The average molecular weight is 307 g/mol. The number of benzene rings is 1. The molecule has 1 aromatic heterocycles. The van der Waals surface area contributed by atoms with E-state index in [1.165, 1.54) is 6.07 Å². The number of esters is 1. The van der Waals surface area contributed by atoms with Gasteiger partial charge in [0.25, 0.3) is 5.56 Å². The van der Waals surface area contributed by atoms with Gasteiger partial charge in [0.15, 0.2) is 0 Å². The van der Waals surface area contributed by atoms with Gasteiger partial charge in [0.2, 0.25) is 0 Å². The number of carbonyl (C=O) groups is 1. The molecule has 0 amide bonds. The van der Waals surface area contributed by atoms with Crippen LogP contribution in [0.25, 0.3) is 11.3 Å². The van der Waals surface area contributed by atoms with Crippen LogP contribution < -0.4 is 5.56 Å². The molecular formula is C15H15ClN2O3. The van der Waals surface area contributed by atoms with Crippen LogP contribution in [0.2, 0.25) is 5.02 Å². The number of aromatic nitrogens is 2. The minimum Gasteiger partial charge on any atom is -0.462 e. The van der Waals surface area contributed by atoms with E-state index < -0.39 is 5.97 Å². The van der Waals surface area contributed by atoms with E-state index in [9.17, 15) is 9.59 Å². The fourth-order valence-corrected chi connectivity index (χ4v) is 2.03. The molecule has 2 aromatic rings. The smallest absolute Gasteiger partial charge is 0.328 e. The molecule has 0 atom stereocenters. The molecule has 0 fully saturated rings. The zero-order valence-electron chi connectivity index (χ0n) is 11.7. The first-order valence-electron chi connectivity index (χ1n) is 6.50. The molecule has 6 heteroatoms. The topological polar surface area (TPSA) is 61.2 Å². The van der Waals surface area contributed by atoms with Crippen LogP contribution in [0, 0.1) is 0 Å². The lowest BCUT2D eigenvalue weighted by molar-refractivity contribution is -0.148. The van der Waals surface area contributed by atoms with Crippen LogP contribution in [0.4, 0.5) is 0 Å². The molecule has 0 N–H and O–H groups in total. The molecule has 1 heterocycles. The molecule has 0 spiro atoms. The highest BCUT2D eigenvalue weighted by atomic mass is 35.5. The quantitative estimate of drug-likeness (QED) is 0.814. The van der Waals surface area contributed by atoms with Crippen molar-refractivity contribution in [2.45, 2.75) is 26.5 Å². The summed E-state index contributed by atoms with van der Waals surface area (Å²) in [6.45, 7) is 3.26. The van der Waals surface area contributed by atoms with Crippen LogP contribution >= 0.6 is 11.6 Å². The second kappa shape index (κ2) is 6.54. The summed E-state index contributed by atoms with van der Waals surface area (Å²) in [5.41, 5.74) is 0.856. The SMILES string of the molecule is CC(C)OC(=O)Cn1nc(-c2ccccc2Cl)ccc1=O. The first kappa shape index (κ1) is 15.3. The van der Waals surface area contributed by atoms with Crippen LogP contribution in [-0.4, -0.2) is 21.9 Å². The van der Waals surface area contributed by atoms with Gasteiger partial charge in [-0.15, -0.1) is 0 Å². The number of rotatable bonds is 4. The molecule has 1 aromatic carbocycles. The van der Waals surface area contributed by atoms with Crippen molar-refractivity contribution in [3.8, 4) is 11.3 Å². The first-order valence-corrected chi connectivity index (χ1v) is 6.87. The van der Waals surface area contributed by atoms with Crippen LogP contribution in [0.3, 0.4) is 0 Å². The Morgan fingerprint density at radius 2 is 2.00 bits per heavy atom. The average Bonchev–Trinajstić information content (AvgIpc) is 2.41. The Hall–Kier alpha value is -2.14. The zero-order chi connectivity index (χ0) is 15.4. The maximum absolute atomic E-state index is 11.8. The normalized spacial score (nSPS) is 10.7. The second-order valence-electron chi connectivity index (χ2n) is 4.73. The van der Waals surface area contributed by atoms with Gasteiger partial charge in [-0.2, -0.15) is 5.10 Å². The number of hydrogen-bond donors (Lipinski definition) is 0. The Morgan fingerprint density at radius 1 is 1.29 bits per heavy atom. The second-order valence-corrected chi connectivity index (χ2v) is 5.14. The molecule has 0 bridgehead atoms. The van der Waals surface area contributed by atoms with Gasteiger partial charge in [-0.1, -0.05) is 29.8 Å². The van der Waals surface area contributed by atoms with Crippen molar-refractivity contribution >= 4 is 17.6 Å². The van der Waals surface area contributed by atoms with Gasteiger partial charge in [0.05, 0.1) is 16.8 Å². The lowest BCUT2D eigenvalue weighted by Crippen LogP contribution is -2.28. The molecule has 5 nitrogen and oxygen atoms in total. The summed E-state index contributed by atoms with van der Waals surface area (Å²) in [6, 6.07) is 10.1. The van der Waals surface area contributed by atoms with E-state index >= 15 is 0 Å². The molecule has 0 saturated carbocycles. The molecular weight excluding hydrogens is 292 g/mol. The van der Waals surface area contributed by atoms with Crippen LogP contribution in [0.15, 0.2) is 41.2 Å². The molecule has 0 aliphatic carbocycles. The third kappa shape index (κ3) is 3.92. The Bertz CT molecular complexity index is 710. The van der Waals surface area contributed by atoms with Crippen molar-refractivity contribution in [2.24, 2.45) is 0 Å². The summed E-state index contributed by atoms with van der Waals surface area (Å²) in [7, 11) is 0. The lowest BCUT2D eigenvalue weighted by atomic mass is 10.1. The van der Waals surface area contributed by atoms with Crippen molar-refractivity contribution in [1.29, 1.82) is 0 Å². The fourth-order valence-electron chi connectivity index (χ4n) is 1.80. The van der Waals surface area contributed by atoms with E-state index in [-0.39, 0.29) is 18.2 Å². The maximum atomic E-state index is 11.8. The monoisotopic (exact) mass is 306 g/mol. The summed E-state index contributed by atoms with van der Waals surface area (Å²) < 4.78 is 6.09. The van der Waals surface area contributed by atoms with Gasteiger partial charge in [-0.25, -0.2) is 4.68 Å². The van der Waals surface area contributed by atoms with E-state index in [4.69, 9.17) is 16.3 Å². The van der Waals surface area contributed by atoms with Gasteiger partial charge in [0, 0.05) is 11.6 Å².